The molecule has 3 heteroatoms. The van der Waals surface area contributed by atoms with Crippen molar-refractivity contribution in [1.82, 2.24) is 0 Å². The highest BCUT2D eigenvalue weighted by Crippen LogP contribution is 2.34. The summed E-state index contributed by atoms with van der Waals surface area (Å²) in [5.74, 6) is -0.00935. The fraction of sp³-hybridized carbons (Fsp3) is 0.0741. The van der Waals surface area contributed by atoms with Crippen molar-refractivity contribution in [3.05, 3.63) is 117 Å². The van der Waals surface area contributed by atoms with Crippen molar-refractivity contribution >= 4 is 29.0 Å². The van der Waals surface area contributed by atoms with Crippen LogP contribution in [0.3, 0.4) is 0 Å². The molecule has 0 aliphatic carbocycles. The van der Waals surface area contributed by atoms with Gasteiger partial charge in [0.2, 0.25) is 0 Å². The van der Waals surface area contributed by atoms with E-state index in [4.69, 9.17) is 23.2 Å². The molecule has 0 aromatic heterocycles. The number of benzene rings is 4. The first-order valence-corrected chi connectivity index (χ1v) is 10.5. The first-order chi connectivity index (χ1) is 14.5. The standard InChI is InChI=1S/C27H20Cl2O/c1-17-15-19(28)11-13-21(17)23-7-3-5-9-25(23)27(30)26-10-6-4-8-24(26)22-14-12-20(29)16-18(22)2/h3-16H,1-2H3. The van der Waals surface area contributed by atoms with Crippen LogP contribution in [0.25, 0.3) is 22.3 Å². The summed E-state index contributed by atoms with van der Waals surface area (Å²) in [6, 6.07) is 26.9. The van der Waals surface area contributed by atoms with Gasteiger partial charge in [0, 0.05) is 21.2 Å². The maximum absolute atomic E-state index is 13.7. The molecule has 0 amide bonds. The Morgan fingerprint density at radius 1 is 0.567 bits per heavy atom. The van der Waals surface area contributed by atoms with Crippen molar-refractivity contribution < 1.29 is 4.79 Å². The van der Waals surface area contributed by atoms with Crippen LogP contribution in [0.15, 0.2) is 84.9 Å². The zero-order valence-electron chi connectivity index (χ0n) is 16.7. The molecule has 30 heavy (non-hydrogen) atoms. The molecular formula is C27H20Cl2O. The lowest BCUT2D eigenvalue weighted by molar-refractivity contribution is 0.104. The van der Waals surface area contributed by atoms with Gasteiger partial charge in [-0.05, 0) is 71.5 Å². The van der Waals surface area contributed by atoms with Gasteiger partial charge in [0.05, 0.1) is 0 Å². The van der Waals surface area contributed by atoms with Crippen LogP contribution in [-0.2, 0) is 0 Å². The molecule has 0 fully saturated rings. The lowest BCUT2D eigenvalue weighted by atomic mass is 9.88. The largest absolute Gasteiger partial charge is 0.289 e. The number of hydrogen-bond donors (Lipinski definition) is 0. The van der Waals surface area contributed by atoms with E-state index in [9.17, 15) is 4.79 Å². The van der Waals surface area contributed by atoms with E-state index in [0.717, 1.165) is 33.4 Å². The van der Waals surface area contributed by atoms with Gasteiger partial charge in [0.25, 0.3) is 0 Å². The number of aryl methyl sites for hydroxylation is 2. The van der Waals surface area contributed by atoms with Gasteiger partial charge in [-0.1, -0.05) is 83.9 Å². The third-order valence-corrected chi connectivity index (χ3v) is 5.77. The second-order valence-corrected chi connectivity index (χ2v) is 8.21. The minimum atomic E-state index is -0.00935. The molecule has 0 saturated carbocycles. The summed E-state index contributed by atoms with van der Waals surface area (Å²) in [6.45, 7) is 4.01. The van der Waals surface area contributed by atoms with Crippen LogP contribution in [-0.4, -0.2) is 5.78 Å². The predicted octanol–water partition coefficient (Wildman–Crippen LogP) is 8.18. The first-order valence-electron chi connectivity index (χ1n) is 9.71. The molecule has 0 heterocycles. The van der Waals surface area contributed by atoms with Gasteiger partial charge in [-0.15, -0.1) is 0 Å². The van der Waals surface area contributed by atoms with Crippen molar-refractivity contribution in [1.29, 1.82) is 0 Å². The van der Waals surface area contributed by atoms with Gasteiger partial charge in [0.15, 0.2) is 5.78 Å². The topological polar surface area (TPSA) is 17.1 Å². The number of hydrogen-bond acceptors (Lipinski definition) is 1. The fourth-order valence-corrected chi connectivity index (χ4v) is 4.29. The van der Waals surface area contributed by atoms with Gasteiger partial charge in [-0.3, -0.25) is 4.79 Å². The number of carbonyl (C=O) groups is 1. The minimum Gasteiger partial charge on any atom is -0.289 e. The molecule has 0 N–H and O–H groups in total. The molecule has 0 spiro atoms. The van der Waals surface area contributed by atoms with E-state index < -0.39 is 0 Å². The summed E-state index contributed by atoms with van der Waals surface area (Å²) in [4.78, 5) is 13.7. The molecule has 0 bridgehead atoms. The molecule has 4 rings (SSSR count). The van der Waals surface area contributed by atoms with E-state index in [1.807, 2.05) is 98.8 Å². The predicted molar refractivity (Wildman–Crippen MR) is 127 cm³/mol. The Bertz CT molecular complexity index is 1160. The molecule has 0 aliphatic heterocycles. The SMILES string of the molecule is Cc1cc(Cl)ccc1-c1ccccc1C(=O)c1ccccc1-c1ccc(Cl)cc1C. The van der Waals surface area contributed by atoms with Crippen LogP contribution < -0.4 is 0 Å². The highest BCUT2D eigenvalue weighted by atomic mass is 35.5. The van der Waals surface area contributed by atoms with Crippen molar-refractivity contribution in [2.45, 2.75) is 13.8 Å². The maximum Gasteiger partial charge on any atom is 0.194 e. The summed E-state index contributed by atoms with van der Waals surface area (Å²) >= 11 is 12.3. The summed E-state index contributed by atoms with van der Waals surface area (Å²) in [5.41, 5.74) is 7.21. The number of halogens is 2. The van der Waals surface area contributed by atoms with Gasteiger partial charge < -0.3 is 0 Å². The summed E-state index contributed by atoms with van der Waals surface area (Å²) in [5, 5.41) is 1.37. The van der Waals surface area contributed by atoms with Crippen LogP contribution in [0, 0.1) is 13.8 Å². The lowest BCUT2D eigenvalue weighted by Gasteiger charge is -2.15. The van der Waals surface area contributed by atoms with E-state index in [1.165, 1.54) is 0 Å². The molecule has 0 radical (unpaired) electrons. The maximum atomic E-state index is 13.7. The molecule has 0 unspecified atom stereocenters. The zero-order valence-corrected chi connectivity index (χ0v) is 18.3. The smallest absolute Gasteiger partial charge is 0.194 e. The van der Waals surface area contributed by atoms with Crippen LogP contribution >= 0.6 is 23.2 Å². The number of ketones is 1. The Morgan fingerprint density at radius 2 is 0.967 bits per heavy atom. The molecule has 1 nitrogen and oxygen atoms in total. The average Bonchev–Trinajstić information content (AvgIpc) is 2.73. The Balaban J connectivity index is 1.87. The fourth-order valence-electron chi connectivity index (χ4n) is 3.84. The number of rotatable bonds is 4. The van der Waals surface area contributed by atoms with Gasteiger partial charge >= 0.3 is 0 Å². The van der Waals surface area contributed by atoms with E-state index in [2.05, 4.69) is 0 Å². The molecule has 0 atom stereocenters. The van der Waals surface area contributed by atoms with Crippen LogP contribution in [0.5, 0.6) is 0 Å². The van der Waals surface area contributed by atoms with Crippen LogP contribution in [0.1, 0.15) is 27.0 Å². The lowest BCUT2D eigenvalue weighted by Crippen LogP contribution is -2.06. The average molecular weight is 431 g/mol. The van der Waals surface area contributed by atoms with Crippen LogP contribution in [0.4, 0.5) is 0 Å². The molecular weight excluding hydrogens is 411 g/mol. The van der Waals surface area contributed by atoms with E-state index >= 15 is 0 Å². The van der Waals surface area contributed by atoms with Crippen molar-refractivity contribution in [2.24, 2.45) is 0 Å². The van der Waals surface area contributed by atoms with Crippen molar-refractivity contribution in [2.75, 3.05) is 0 Å². The second kappa shape index (κ2) is 8.47. The van der Waals surface area contributed by atoms with Crippen LogP contribution in [0.2, 0.25) is 10.0 Å². The molecule has 4 aromatic rings. The highest BCUT2D eigenvalue weighted by Gasteiger charge is 2.19. The zero-order chi connectivity index (χ0) is 21.3. The quantitative estimate of drug-likeness (QED) is 0.298. The highest BCUT2D eigenvalue weighted by molar-refractivity contribution is 6.31. The van der Waals surface area contributed by atoms with Gasteiger partial charge in [-0.2, -0.15) is 0 Å². The second-order valence-electron chi connectivity index (χ2n) is 7.34. The van der Waals surface area contributed by atoms with Crippen molar-refractivity contribution in [3.63, 3.8) is 0 Å². The third kappa shape index (κ3) is 3.92. The normalized spacial score (nSPS) is 10.8. The van der Waals surface area contributed by atoms with Gasteiger partial charge in [0.1, 0.15) is 0 Å². The third-order valence-electron chi connectivity index (χ3n) is 5.30. The summed E-state index contributed by atoms with van der Waals surface area (Å²) < 4.78 is 0. The minimum absolute atomic E-state index is 0.00935. The Hall–Kier alpha value is -2.87. The van der Waals surface area contributed by atoms with E-state index in [0.29, 0.717) is 21.2 Å². The van der Waals surface area contributed by atoms with Gasteiger partial charge in [-0.25, -0.2) is 0 Å². The Labute approximate surface area is 186 Å². The first kappa shape index (κ1) is 20.4. The molecule has 0 aliphatic rings. The van der Waals surface area contributed by atoms with Crippen molar-refractivity contribution in [3.8, 4) is 22.3 Å². The Morgan fingerprint density at radius 3 is 1.37 bits per heavy atom. The molecule has 4 aromatic carbocycles. The molecule has 148 valence electrons. The number of carbonyl (C=O) groups excluding carboxylic acids is 1. The summed E-state index contributed by atoms with van der Waals surface area (Å²) in [7, 11) is 0. The summed E-state index contributed by atoms with van der Waals surface area (Å²) in [6.07, 6.45) is 0. The van der Waals surface area contributed by atoms with E-state index in [1.54, 1.807) is 0 Å². The monoisotopic (exact) mass is 430 g/mol. The Kier molecular flexibility index (Phi) is 5.76. The van der Waals surface area contributed by atoms with E-state index in [-0.39, 0.29) is 5.78 Å². The molecule has 0 saturated heterocycles.